The predicted octanol–water partition coefficient (Wildman–Crippen LogP) is 3.09. The van der Waals surface area contributed by atoms with Gasteiger partial charge in [0.25, 0.3) is 11.8 Å². The largest absolute Gasteiger partial charge is 0.490 e. The Labute approximate surface area is 193 Å². The molecule has 1 aliphatic rings. The number of halogens is 1. The quantitative estimate of drug-likeness (QED) is 0.241. The van der Waals surface area contributed by atoms with Gasteiger partial charge in [-0.15, -0.1) is 0 Å². The first-order valence-electron chi connectivity index (χ1n) is 9.61. The highest BCUT2D eigenvalue weighted by molar-refractivity contribution is 14.1. The number of amides is 2. The van der Waals surface area contributed by atoms with Crippen molar-refractivity contribution in [2.75, 3.05) is 24.8 Å². The lowest BCUT2D eigenvalue weighted by atomic mass is 10.1. The molecule has 1 fully saturated rings. The Bertz CT molecular complexity index is 1020. The molecule has 31 heavy (non-hydrogen) atoms. The third-order valence-electron chi connectivity index (χ3n) is 4.19. The van der Waals surface area contributed by atoms with Crippen LogP contribution in [0.2, 0.25) is 0 Å². The third-order valence-corrected chi connectivity index (χ3v) is 4.99. The monoisotopic (exact) mass is 536 g/mol. The summed E-state index contributed by atoms with van der Waals surface area (Å²) in [7, 11) is 0. The van der Waals surface area contributed by atoms with Crippen LogP contribution in [0.5, 0.6) is 11.5 Å². The van der Waals surface area contributed by atoms with Gasteiger partial charge in [0.15, 0.2) is 18.1 Å². The number of nitrogens with zero attached hydrogens (tertiary/aromatic N) is 1. The number of ether oxygens (including phenoxy) is 3. The van der Waals surface area contributed by atoms with Gasteiger partial charge in [0, 0.05) is 0 Å². The van der Waals surface area contributed by atoms with E-state index in [1.165, 1.54) is 11.1 Å². The number of anilines is 1. The molecule has 8 nitrogen and oxygen atoms in total. The summed E-state index contributed by atoms with van der Waals surface area (Å²) in [6, 6.07) is 12.2. The zero-order chi connectivity index (χ0) is 22.4. The molecule has 1 saturated heterocycles. The maximum absolute atomic E-state index is 12.8. The van der Waals surface area contributed by atoms with Crippen LogP contribution < -0.4 is 19.9 Å². The number of benzene rings is 2. The predicted molar refractivity (Wildman–Crippen MR) is 123 cm³/mol. The van der Waals surface area contributed by atoms with Gasteiger partial charge in [-0.2, -0.15) is 0 Å². The van der Waals surface area contributed by atoms with Crippen LogP contribution >= 0.6 is 22.6 Å². The van der Waals surface area contributed by atoms with Crippen molar-refractivity contribution in [2.45, 2.75) is 13.8 Å². The fraction of sp³-hybridized carbons (Fsp3) is 0.227. The summed E-state index contributed by atoms with van der Waals surface area (Å²) < 4.78 is 16.8. The third kappa shape index (κ3) is 5.35. The van der Waals surface area contributed by atoms with Gasteiger partial charge in [-0.1, -0.05) is 18.2 Å². The fourth-order valence-electron chi connectivity index (χ4n) is 2.89. The molecule has 0 aliphatic carbocycles. The zero-order valence-corrected chi connectivity index (χ0v) is 19.2. The molecule has 0 radical (unpaired) electrons. The second-order valence-electron chi connectivity index (χ2n) is 6.33. The molecule has 162 valence electrons. The van der Waals surface area contributed by atoms with E-state index in [4.69, 9.17) is 14.2 Å². The van der Waals surface area contributed by atoms with Gasteiger partial charge < -0.3 is 14.2 Å². The summed E-state index contributed by atoms with van der Waals surface area (Å²) >= 11 is 2.05. The maximum atomic E-state index is 12.8. The van der Waals surface area contributed by atoms with Crippen molar-refractivity contribution in [3.63, 3.8) is 0 Å². The Balaban J connectivity index is 1.88. The van der Waals surface area contributed by atoms with Gasteiger partial charge in [-0.05, 0) is 72.3 Å². The second-order valence-corrected chi connectivity index (χ2v) is 7.49. The molecule has 2 amide bonds. The average molecular weight is 536 g/mol. The lowest BCUT2D eigenvalue weighted by molar-refractivity contribution is -0.145. The van der Waals surface area contributed by atoms with Crippen molar-refractivity contribution in [2.24, 2.45) is 0 Å². The summed E-state index contributed by atoms with van der Waals surface area (Å²) in [5, 5.41) is 1.21. The van der Waals surface area contributed by atoms with Gasteiger partial charge >= 0.3 is 5.97 Å². The van der Waals surface area contributed by atoms with Gasteiger partial charge in [0.2, 0.25) is 0 Å². The van der Waals surface area contributed by atoms with Crippen LogP contribution in [-0.4, -0.2) is 37.6 Å². The SMILES string of the molecule is CCOC(=O)COc1c(I)cc(/C=C2/C(=O)NN(c3ccccc3)C2=O)cc1OCC. The van der Waals surface area contributed by atoms with E-state index in [9.17, 15) is 14.4 Å². The number of nitrogens with one attached hydrogen (secondary N) is 1. The van der Waals surface area contributed by atoms with E-state index in [1.807, 2.05) is 35.6 Å². The minimum absolute atomic E-state index is 0.00212. The summed E-state index contributed by atoms with van der Waals surface area (Å²) in [6.45, 7) is 3.92. The summed E-state index contributed by atoms with van der Waals surface area (Å²) in [4.78, 5) is 36.8. The summed E-state index contributed by atoms with van der Waals surface area (Å²) in [6.07, 6.45) is 1.50. The minimum atomic E-state index is -0.496. The van der Waals surface area contributed by atoms with E-state index in [0.29, 0.717) is 32.9 Å². The molecular weight excluding hydrogens is 515 g/mol. The Morgan fingerprint density at radius 2 is 1.84 bits per heavy atom. The van der Waals surface area contributed by atoms with Gasteiger partial charge in [-0.25, -0.2) is 9.80 Å². The molecule has 2 aromatic carbocycles. The minimum Gasteiger partial charge on any atom is -0.490 e. The Morgan fingerprint density at radius 3 is 2.52 bits per heavy atom. The number of hydrazine groups is 1. The Morgan fingerprint density at radius 1 is 1.10 bits per heavy atom. The highest BCUT2D eigenvalue weighted by Gasteiger charge is 2.34. The van der Waals surface area contributed by atoms with Crippen molar-refractivity contribution in [1.82, 2.24) is 5.43 Å². The van der Waals surface area contributed by atoms with E-state index < -0.39 is 17.8 Å². The summed E-state index contributed by atoms with van der Waals surface area (Å²) in [5.41, 5.74) is 3.72. The van der Waals surface area contributed by atoms with Crippen molar-refractivity contribution in [3.8, 4) is 11.5 Å². The van der Waals surface area contributed by atoms with Crippen LogP contribution in [0.4, 0.5) is 5.69 Å². The molecule has 0 unspecified atom stereocenters. The number of esters is 1. The van der Waals surface area contributed by atoms with E-state index in [-0.39, 0.29) is 18.8 Å². The number of hydrogen-bond acceptors (Lipinski definition) is 6. The summed E-state index contributed by atoms with van der Waals surface area (Å²) in [5.74, 6) is -0.639. The second kappa shape index (κ2) is 10.3. The van der Waals surface area contributed by atoms with Crippen LogP contribution in [0.1, 0.15) is 19.4 Å². The molecule has 3 rings (SSSR count). The van der Waals surface area contributed by atoms with Gasteiger partial charge in [0.05, 0.1) is 22.5 Å². The van der Waals surface area contributed by atoms with E-state index >= 15 is 0 Å². The van der Waals surface area contributed by atoms with Crippen LogP contribution in [-0.2, 0) is 19.1 Å². The standard InChI is InChI=1S/C22H21IN2O6/c1-3-29-18-12-14(11-17(23)20(18)31-13-19(26)30-4-2)10-16-21(27)24-25(22(16)28)15-8-6-5-7-9-15/h5-12H,3-4,13H2,1-2H3,(H,24,27)/b16-10-. The molecule has 1 N–H and O–H groups in total. The molecule has 0 atom stereocenters. The number of carbonyl (C=O) groups is 3. The molecule has 0 saturated carbocycles. The van der Waals surface area contributed by atoms with Crippen molar-refractivity contribution >= 4 is 52.1 Å². The Hall–Kier alpha value is -3.08. The number of rotatable bonds is 8. The van der Waals surface area contributed by atoms with Crippen molar-refractivity contribution < 1.29 is 28.6 Å². The number of hydrogen-bond donors (Lipinski definition) is 1. The first-order valence-corrected chi connectivity index (χ1v) is 10.7. The van der Waals surface area contributed by atoms with Crippen LogP contribution in [0, 0.1) is 3.57 Å². The first-order chi connectivity index (χ1) is 14.9. The van der Waals surface area contributed by atoms with Crippen LogP contribution in [0.25, 0.3) is 6.08 Å². The first kappa shape index (κ1) is 22.6. The highest BCUT2D eigenvalue weighted by atomic mass is 127. The molecule has 2 aromatic rings. The Kier molecular flexibility index (Phi) is 7.50. The van der Waals surface area contributed by atoms with E-state index in [2.05, 4.69) is 5.43 Å². The molecule has 1 aliphatic heterocycles. The van der Waals surface area contributed by atoms with Crippen molar-refractivity contribution in [1.29, 1.82) is 0 Å². The van der Waals surface area contributed by atoms with Crippen LogP contribution in [0.3, 0.4) is 0 Å². The normalized spacial score (nSPS) is 14.5. The molecule has 0 spiro atoms. The average Bonchev–Trinajstić information content (AvgIpc) is 3.02. The van der Waals surface area contributed by atoms with E-state index in [1.54, 1.807) is 43.3 Å². The zero-order valence-electron chi connectivity index (χ0n) is 17.0. The lowest BCUT2D eigenvalue weighted by Crippen LogP contribution is -2.35. The van der Waals surface area contributed by atoms with Gasteiger partial charge in [0.1, 0.15) is 5.57 Å². The maximum Gasteiger partial charge on any atom is 0.344 e. The molecular formula is C22H21IN2O6. The van der Waals surface area contributed by atoms with Crippen molar-refractivity contribution in [3.05, 3.63) is 57.2 Å². The number of para-hydroxylation sites is 1. The molecule has 0 aromatic heterocycles. The lowest BCUT2D eigenvalue weighted by Gasteiger charge is -2.14. The smallest absolute Gasteiger partial charge is 0.344 e. The van der Waals surface area contributed by atoms with E-state index in [0.717, 1.165) is 0 Å². The van der Waals surface area contributed by atoms with Gasteiger partial charge in [-0.3, -0.25) is 15.0 Å². The topological polar surface area (TPSA) is 94.2 Å². The highest BCUT2D eigenvalue weighted by Crippen LogP contribution is 2.35. The van der Waals surface area contributed by atoms with Crippen LogP contribution in [0.15, 0.2) is 48.0 Å². The molecule has 9 heteroatoms. The molecule has 1 heterocycles. The number of carbonyl (C=O) groups excluding carboxylic acids is 3. The fourth-order valence-corrected chi connectivity index (χ4v) is 3.67. The molecule has 0 bridgehead atoms.